The van der Waals surface area contributed by atoms with Crippen LogP contribution in [0.2, 0.25) is 0 Å². The van der Waals surface area contributed by atoms with E-state index in [4.69, 9.17) is 4.74 Å². The quantitative estimate of drug-likeness (QED) is 0.824. The smallest absolute Gasteiger partial charge is 0.414 e. The van der Waals surface area contributed by atoms with Crippen molar-refractivity contribution in [1.82, 2.24) is 5.32 Å². The Kier molecular flexibility index (Phi) is 4.51. The van der Waals surface area contributed by atoms with Crippen molar-refractivity contribution < 1.29 is 27.5 Å². The third-order valence-electron chi connectivity index (χ3n) is 4.19. The summed E-state index contributed by atoms with van der Waals surface area (Å²) in [5.41, 5.74) is 1.54. The van der Waals surface area contributed by atoms with Crippen molar-refractivity contribution in [3.63, 3.8) is 0 Å². The Bertz CT molecular complexity index is 848. The van der Waals surface area contributed by atoms with Crippen LogP contribution in [0.15, 0.2) is 18.2 Å². The zero-order valence-corrected chi connectivity index (χ0v) is 14.5. The lowest BCUT2D eigenvalue weighted by molar-refractivity contribution is -0.119. The van der Waals surface area contributed by atoms with Gasteiger partial charge in [-0.05, 0) is 30.2 Å². The third-order valence-corrected chi connectivity index (χ3v) is 5.72. The fourth-order valence-corrected chi connectivity index (χ4v) is 4.17. The normalized spacial score (nSPS) is 22.1. The highest BCUT2D eigenvalue weighted by atomic mass is 32.2. The zero-order valence-electron chi connectivity index (χ0n) is 13.6. The van der Waals surface area contributed by atoms with Crippen molar-refractivity contribution >= 4 is 33.3 Å². The van der Waals surface area contributed by atoms with E-state index in [9.17, 15) is 22.8 Å². The highest BCUT2D eigenvalue weighted by Gasteiger charge is 2.33. The molecule has 0 saturated carbocycles. The predicted molar refractivity (Wildman–Crippen MR) is 89.4 cm³/mol. The molecule has 2 aliphatic rings. The molecule has 0 aromatic heterocycles. The number of Topliss-reactive ketones (excluding diaryl/α,β-unsaturated/α-hetero) is 1. The number of nitrogens with one attached hydrogen (secondary N) is 1. The van der Waals surface area contributed by atoms with E-state index in [1.54, 1.807) is 18.2 Å². The van der Waals surface area contributed by atoms with E-state index < -0.39 is 33.6 Å². The second-order valence-corrected chi connectivity index (χ2v) is 8.34. The number of hydrogen-bond donors (Lipinski definition) is 1. The van der Waals surface area contributed by atoms with Gasteiger partial charge < -0.3 is 10.1 Å². The summed E-state index contributed by atoms with van der Waals surface area (Å²) >= 11 is 0. The van der Waals surface area contributed by atoms with E-state index in [2.05, 4.69) is 5.32 Å². The minimum absolute atomic E-state index is 0.0925. The number of hydrogen-bond acceptors (Lipinski definition) is 6. The first-order chi connectivity index (χ1) is 11.7. The minimum Gasteiger partial charge on any atom is -0.442 e. The highest BCUT2D eigenvalue weighted by Crippen LogP contribution is 2.27. The number of amides is 2. The van der Waals surface area contributed by atoms with Crippen LogP contribution in [0.5, 0.6) is 0 Å². The summed E-state index contributed by atoms with van der Waals surface area (Å²) in [6, 6.07) is 4.83. The molecular weight excluding hydrogens is 348 g/mol. The molecule has 8 nitrogen and oxygen atoms in total. The molecular formula is C16H18N2O6S. The largest absolute Gasteiger partial charge is 0.442 e. The summed E-state index contributed by atoms with van der Waals surface area (Å²) in [5, 5.41) is 2.60. The first kappa shape index (κ1) is 17.4. The summed E-state index contributed by atoms with van der Waals surface area (Å²) < 4.78 is 28.8. The zero-order chi connectivity index (χ0) is 18.2. The van der Waals surface area contributed by atoms with E-state index in [0.29, 0.717) is 16.8 Å². The van der Waals surface area contributed by atoms with Crippen molar-refractivity contribution in [3.05, 3.63) is 29.3 Å². The Labute approximate surface area is 145 Å². The summed E-state index contributed by atoms with van der Waals surface area (Å²) in [6.07, 6.45) is -0.768. The van der Waals surface area contributed by atoms with Gasteiger partial charge in [0.1, 0.15) is 11.9 Å². The number of anilines is 1. The van der Waals surface area contributed by atoms with Crippen LogP contribution in [0.25, 0.3) is 0 Å². The van der Waals surface area contributed by atoms with Gasteiger partial charge in [0.15, 0.2) is 15.6 Å². The maximum atomic E-state index is 12.1. The average Bonchev–Trinajstić information content (AvgIpc) is 2.86. The number of ether oxygens (including phenoxy) is 1. The molecule has 1 aromatic rings. The van der Waals surface area contributed by atoms with E-state index in [-0.39, 0.29) is 31.2 Å². The van der Waals surface area contributed by atoms with Crippen molar-refractivity contribution in [3.8, 4) is 0 Å². The van der Waals surface area contributed by atoms with Crippen LogP contribution in [0.4, 0.5) is 10.5 Å². The molecule has 0 spiro atoms. The average molecular weight is 366 g/mol. The van der Waals surface area contributed by atoms with Crippen LogP contribution < -0.4 is 10.2 Å². The van der Waals surface area contributed by atoms with Gasteiger partial charge in [-0.2, -0.15) is 0 Å². The molecule has 1 unspecified atom stereocenters. The lowest BCUT2D eigenvalue weighted by Gasteiger charge is -2.15. The van der Waals surface area contributed by atoms with Gasteiger partial charge in [0.25, 0.3) is 0 Å². The molecule has 1 saturated heterocycles. The van der Waals surface area contributed by atoms with Gasteiger partial charge in [-0.15, -0.1) is 0 Å². The molecule has 0 radical (unpaired) electrons. The van der Waals surface area contributed by atoms with Crippen LogP contribution in [-0.4, -0.2) is 56.9 Å². The van der Waals surface area contributed by atoms with Gasteiger partial charge in [-0.1, -0.05) is 0 Å². The Hall–Kier alpha value is -2.42. The SMILES string of the molecule is CC(=O)NCC1CN(c2ccc3c(c2)CCS(=O)(=O)CC3=O)C(=O)O1. The Morgan fingerprint density at radius 1 is 1.36 bits per heavy atom. The summed E-state index contributed by atoms with van der Waals surface area (Å²) in [6.45, 7) is 1.87. The summed E-state index contributed by atoms with van der Waals surface area (Å²) in [7, 11) is -3.40. The minimum atomic E-state index is -3.40. The van der Waals surface area contributed by atoms with Crippen molar-refractivity contribution in [2.45, 2.75) is 19.4 Å². The number of carbonyl (C=O) groups is 3. The molecule has 0 aliphatic carbocycles. The number of ketones is 1. The lowest BCUT2D eigenvalue weighted by atomic mass is 10.0. The van der Waals surface area contributed by atoms with Crippen molar-refractivity contribution in [2.24, 2.45) is 0 Å². The monoisotopic (exact) mass is 366 g/mol. The molecule has 0 bridgehead atoms. The molecule has 1 atom stereocenters. The third kappa shape index (κ3) is 3.81. The Morgan fingerprint density at radius 3 is 2.84 bits per heavy atom. The van der Waals surface area contributed by atoms with Gasteiger partial charge >= 0.3 is 6.09 Å². The second-order valence-electron chi connectivity index (χ2n) is 6.16. The molecule has 134 valence electrons. The number of cyclic esters (lactones) is 1. The Morgan fingerprint density at radius 2 is 2.12 bits per heavy atom. The summed E-state index contributed by atoms with van der Waals surface area (Å²) in [5.74, 6) is -1.21. The van der Waals surface area contributed by atoms with E-state index in [1.807, 2.05) is 0 Å². The summed E-state index contributed by atoms with van der Waals surface area (Å²) in [4.78, 5) is 36.5. The number of nitrogens with zero attached hydrogens (tertiary/aromatic N) is 1. The molecule has 3 rings (SSSR count). The predicted octanol–water partition coefficient (Wildman–Crippen LogP) is 0.302. The lowest BCUT2D eigenvalue weighted by Crippen LogP contribution is -2.33. The fourth-order valence-electron chi connectivity index (χ4n) is 2.94. The maximum Gasteiger partial charge on any atom is 0.414 e. The van der Waals surface area contributed by atoms with E-state index in [1.165, 1.54) is 11.8 Å². The van der Waals surface area contributed by atoms with Gasteiger partial charge in [-0.3, -0.25) is 14.5 Å². The molecule has 1 aromatic carbocycles. The molecule has 1 N–H and O–H groups in total. The number of aryl methyl sites for hydroxylation is 1. The van der Waals surface area contributed by atoms with Crippen LogP contribution in [0, 0.1) is 0 Å². The van der Waals surface area contributed by atoms with Crippen LogP contribution in [0.3, 0.4) is 0 Å². The topological polar surface area (TPSA) is 110 Å². The molecule has 2 heterocycles. The van der Waals surface area contributed by atoms with Gasteiger partial charge in [-0.25, -0.2) is 13.2 Å². The van der Waals surface area contributed by atoms with Crippen molar-refractivity contribution in [2.75, 3.05) is 29.5 Å². The number of carbonyl (C=O) groups excluding carboxylic acids is 3. The molecule has 9 heteroatoms. The molecule has 2 amide bonds. The number of benzene rings is 1. The van der Waals surface area contributed by atoms with Crippen LogP contribution in [0.1, 0.15) is 22.8 Å². The number of sulfone groups is 1. The fraction of sp³-hybridized carbons (Fsp3) is 0.438. The van der Waals surface area contributed by atoms with E-state index >= 15 is 0 Å². The standard InChI is InChI=1S/C16H18N2O6S/c1-10(19)17-7-13-8-18(16(21)24-13)12-2-3-14-11(6-12)4-5-25(22,23)9-15(14)20/h2-3,6,13H,4-5,7-9H2,1H3,(H,17,19). The second kappa shape index (κ2) is 6.47. The number of fused-ring (bicyclic) bond motifs is 1. The Balaban J connectivity index is 1.81. The molecule has 1 fully saturated rings. The maximum absolute atomic E-state index is 12.1. The molecule has 2 aliphatic heterocycles. The van der Waals surface area contributed by atoms with Crippen LogP contribution in [-0.2, 0) is 25.8 Å². The number of rotatable bonds is 3. The van der Waals surface area contributed by atoms with E-state index in [0.717, 1.165) is 0 Å². The van der Waals surface area contributed by atoms with Gasteiger partial charge in [0.2, 0.25) is 5.91 Å². The van der Waals surface area contributed by atoms with Crippen molar-refractivity contribution in [1.29, 1.82) is 0 Å². The molecule has 25 heavy (non-hydrogen) atoms. The van der Waals surface area contributed by atoms with Gasteiger partial charge in [0.05, 0.1) is 18.8 Å². The van der Waals surface area contributed by atoms with Crippen LogP contribution >= 0.6 is 0 Å². The van der Waals surface area contributed by atoms with Gasteiger partial charge in [0, 0.05) is 18.2 Å². The highest BCUT2D eigenvalue weighted by molar-refractivity contribution is 7.92. The first-order valence-corrected chi connectivity index (χ1v) is 9.66. The first-order valence-electron chi connectivity index (χ1n) is 7.84.